The lowest BCUT2D eigenvalue weighted by Crippen LogP contribution is -2.24. The van der Waals surface area contributed by atoms with E-state index >= 15 is 0 Å². The SMILES string of the molecule is C=C(C)CNCCCN(C)Cc1ccccc1. The Labute approximate surface area is 105 Å². The summed E-state index contributed by atoms with van der Waals surface area (Å²) in [7, 11) is 2.17. The second-order valence-corrected chi connectivity index (χ2v) is 4.71. The first kappa shape index (κ1) is 13.9. The molecule has 1 aromatic rings. The summed E-state index contributed by atoms with van der Waals surface area (Å²) in [5.41, 5.74) is 2.58. The third kappa shape index (κ3) is 6.93. The Morgan fingerprint density at radius 3 is 2.65 bits per heavy atom. The summed E-state index contributed by atoms with van der Waals surface area (Å²) in [6, 6.07) is 10.6. The Morgan fingerprint density at radius 2 is 2.00 bits per heavy atom. The summed E-state index contributed by atoms with van der Waals surface area (Å²) in [6.45, 7) is 10.1. The van der Waals surface area contributed by atoms with E-state index < -0.39 is 0 Å². The third-order valence-corrected chi connectivity index (χ3v) is 2.62. The van der Waals surface area contributed by atoms with E-state index in [1.165, 1.54) is 17.6 Å². The number of hydrogen-bond donors (Lipinski definition) is 1. The van der Waals surface area contributed by atoms with Crippen molar-refractivity contribution in [3.05, 3.63) is 48.0 Å². The molecule has 0 atom stereocenters. The van der Waals surface area contributed by atoms with Crippen molar-refractivity contribution < 1.29 is 0 Å². The van der Waals surface area contributed by atoms with Gasteiger partial charge in [0.1, 0.15) is 0 Å². The fourth-order valence-corrected chi connectivity index (χ4v) is 1.75. The standard InChI is InChI=1S/C15H24N2/c1-14(2)12-16-10-7-11-17(3)13-15-8-5-4-6-9-15/h4-6,8-9,16H,1,7,10-13H2,2-3H3. The molecule has 0 bridgehead atoms. The average molecular weight is 232 g/mol. The van der Waals surface area contributed by atoms with E-state index in [4.69, 9.17) is 0 Å². The molecule has 0 heterocycles. The minimum atomic E-state index is 0.933. The topological polar surface area (TPSA) is 15.3 Å². The van der Waals surface area contributed by atoms with Crippen molar-refractivity contribution in [2.75, 3.05) is 26.7 Å². The van der Waals surface area contributed by atoms with Gasteiger partial charge in [-0.25, -0.2) is 0 Å². The van der Waals surface area contributed by atoms with Gasteiger partial charge in [0.15, 0.2) is 0 Å². The predicted octanol–water partition coefficient (Wildman–Crippen LogP) is 2.67. The van der Waals surface area contributed by atoms with Gasteiger partial charge in [-0.1, -0.05) is 42.5 Å². The zero-order valence-electron chi connectivity index (χ0n) is 11.1. The van der Waals surface area contributed by atoms with Gasteiger partial charge in [0.2, 0.25) is 0 Å². The second-order valence-electron chi connectivity index (χ2n) is 4.71. The summed E-state index contributed by atoms with van der Waals surface area (Å²) in [5, 5.41) is 3.38. The number of nitrogens with zero attached hydrogens (tertiary/aromatic N) is 1. The van der Waals surface area contributed by atoms with E-state index in [2.05, 4.69) is 61.1 Å². The first-order valence-electron chi connectivity index (χ1n) is 6.26. The number of rotatable bonds is 8. The minimum absolute atomic E-state index is 0.933. The molecule has 0 amide bonds. The van der Waals surface area contributed by atoms with Crippen LogP contribution in [0, 0.1) is 0 Å². The number of hydrogen-bond acceptors (Lipinski definition) is 2. The van der Waals surface area contributed by atoms with Gasteiger partial charge in [0.25, 0.3) is 0 Å². The maximum Gasteiger partial charge on any atom is 0.0230 e. The van der Waals surface area contributed by atoms with Crippen LogP contribution in [0.15, 0.2) is 42.5 Å². The van der Waals surface area contributed by atoms with E-state index in [0.717, 1.165) is 26.2 Å². The molecule has 0 spiro atoms. The molecule has 1 rings (SSSR count). The van der Waals surface area contributed by atoms with Crippen LogP contribution in [0.2, 0.25) is 0 Å². The Morgan fingerprint density at radius 1 is 1.29 bits per heavy atom. The highest BCUT2D eigenvalue weighted by Gasteiger charge is 1.99. The van der Waals surface area contributed by atoms with E-state index in [1.54, 1.807) is 0 Å². The molecule has 2 heteroatoms. The van der Waals surface area contributed by atoms with E-state index in [0.29, 0.717) is 0 Å². The van der Waals surface area contributed by atoms with Crippen molar-refractivity contribution in [3.8, 4) is 0 Å². The third-order valence-electron chi connectivity index (χ3n) is 2.62. The van der Waals surface area contributed by atoms with Crippen LogP contribution < -0.4 is 5.32 Å². The lowest BCUT2D eigenvalue weighted by atomic mass is 10.2. The van der Waals surface area contributed by atoms with Gasteiger partial charge >= 0.3 is 0 Å². The fourth-order valence-electron chi connectivity index (χ4n) is 1.75. The largest absolute Gasteiger partial charge is 0.313 e. The van der Waals surface area contributed by atoms with Crippen molar-refractivity contribution in [2.45, 2.75) is 19.9 Å². The first-order valence-corrected chi connectivity index (χ1v) is 6.26. The van der Waals surface area contributed by atoms with Gasteiger partial charge in [0.05, 0.1) is 0 Å². The molecule has 0 aliphatic carbocycles. The lowest BCUT2D eigenvalue weighted by molar-refractivity contribution is 0.320. The van der Waals surface area contributed by atoms with Crippen LogP contribution in [0.5, 0.6) is 0 Å². The number of nitrogens with one attached hydrogen (secondary N) is 1. The Balaban J connectivity index is 2.09. The van der Waals surface area contributed by atoms with Crippen molar-refractivity contribution >= 4 is 0 Å². The molecule has 2 nitrogen and oxygen atoms in total. The Bertz CT molecular complexity index is 319. The molecule has 17 heavy (non-hydrogen) atoms. The Hall–Kier alpha value is -1.12. The van der Waals surface area contributed by atoms with Crippen molar-refractivity contribution in [1.29, 1.82) is 0 Å². The normalized spacial score (nSPS) is 10.8. The van der Waals surface area contributed by atoms with Crippen LogP contribution in [0.4, 0.5) is 0 Å². The Kier molecular flexibility index (Phi) is 6.60. The molecule has 0 unspecified atom stereocenters. The zero-order chi connectivity index (χ0) is 12.5. The molecule has 0 aromatic heterocycles. The van der Waals surface area contributed by atoms with Crippen molar-refractivity contribution in [2.24, 2.45) is 0 Å². The lowest BCUT2D eigenvalue weighted by Gasteiger charge is -2.16. The van der Waals surface area contributed by atoms with Crippen LogP contribution in [0.3, 0.4) is 0 Å². The quantitative estimate of drug-likeness (QED) is 0.547. The molecular weight excluding hydrogens is 208 g/mol. The molecule has 0 radical (unpaired) electrons. The smallest absolute Gasteiger partial charge is 0.0230 e. The van der Waals surface area contributed by atoms with Crippen LogP contribution in [-0.4, -0.2) is 31.6 Å². The zero-order valence-corrected chi connectivity index (χ0v) is 11.1. The molecule has 0 fully saturated rings. The van der Waals surface area contributed by atoms with Crippen LogP contribution >= 0.6 is 0 Å². The minimum Gasteiger partial charge on any atom is -0.313 e. The summed E-state index contributed by atoms with van der Waals surface area (Å²) in [5.74, 6) is 0. The molecule has 0 saturated carbocycles. The number of benzene rings is 1. The molecule has 94 valence electrons. The predicted molar refractivity (Wildman–Crippen MR) is 75.1 cm³/mol. The van der Waals surface area contributed by atoms with Crippen molar-refractivity contribution in [1.82, 2.24) is 10.2 Å². The van der Waals surface area contributed by atoms with Gasteiger partial charge in [-0.05, 0) is 39.0 Å². The molecule has 1 N–H and O–H groups in total. The van der Waals surface area contributed by atoms with Crippen LogP contribution in [0.1, 0.15) is 18.9 Å². The average Bonchev–Trinajstić information content (AvgIpc) is 2.29. The van der Waals surface area contributed by atoms with Gasteiger partial charge in [0, 0.05) is 13.1 Å². The maximum atomic E-state index is 3.87. The van der Waals surface area contributed by atoms with Gasteiger partial charge in [-0.2, -0.15) is 0 Å². The summed E-state index contributed by atoms with van der Waals surface area (Å²) < 4.78 is 0. The highest BCUT2D eigenvalue weighted by Crippen LogP contribution is 2.02. The van der Waals surface area contributed by atoms with E-state index in [1.807, 2.05) is 0 Å². The molecular formula is C15H24N2. The molecule has 0 aliphatic heterocycles. The molecule has 0 saturated heterocycles. The first-order chi connectivity index (χ1) is 8.18. The van der Waals surface area contributed by atoms with Gasteiger partial charge in [-0.15, -0.1) is 0 Å². The molecule has 0 aliphatic rings. The fraction of sp³-hybridized carbons (Fsp3) is 0.467. The van der Waals surface area contributed by atoms with Crippen LogP contribution in [-0.2, 0) is 6.54 Å². The summed E-state index contributed by atoms with van der Waals surface area (Å²) >= 11 is 0. The molecule has 1 aromatic carbocycles. The van der Waals surface area contributed by atoms with E-state index in [9.17, 15) is 0 Å². The summed E-state index contributed by atoms with van der Waals surface area (Å²) in [4.78, 5) is 2.36. The monoisotopic (exact) mass is 232 g/mol. The maximum absolute atomic E-state index is 3.87. The van der Waals surface area contributed by atoms with E-state index in [-0.39, 0.29) is 0 Å². The second kappa shape index (κ2) is 8.04. The van der Waals surface area contributed by atoms with Crippen LogP contribution in [0.25, 0.3) is 0 Å². The van der Waals surface area contributed by atoms with Gasteiger partial charge < -0.3 is 10.2 Å². The highest BCUT2D eigenvalue weighted by molar-refractivity contribution is 5.14. The van der Waals surface area contributed by atoms with Gasteiger partial charge in [-0.3, -0.25) is 0 Å². The highest BCUT2D eigenvalue weighted by atomic mass is 15.1. The van der Waals surface area contributed by atoms with Crippen molar-refractivity contribution in [3.63, 3.8) is 0 Å². The summed E-state index contributed by atoms with van der Waals surface area (Å²) in [6.07, 6.45) is 1.18.